The van der Waals surface area contributed by atoms with Crippen LogP contribution >= 0.6 is 27.2 Å². The van der Waals surface area contributed by atoms with E-state index in [1.165, 1.54) is 6.16 Å². The van der Waals surface area contributed by atoms with Crippen molar-refractivity contribution in [1.82, 2.24) is 0 Å². The quantitative estimate of drug-likeness (QED) is 0.480. The van der Waals surface area contributed by atoms with Crippen molar-refractivity contribution in [1.29, 1.82) is 0 Å². The summed E-state index contributed by atoms with van der Waals surface area (Å²) in [6.07, 6.45) is 9.73. The molecule has 2 atom stereocenters. The lowest BCUT2D eigenvalue weighted by atomic mass is 10.3. The topological polar surface area (TPSA) is 0 Å². The maximum Gasteiger partial charge on any atom is 0.0715 e. The van der Waals surface area contributed by atoms with Crippen molar-refractivity contribution in [2.45, 2.75) is 11.7 Å². The second-order valence-corrected chi connectivity index (χ2v) is 14.3. The van der Waals surface area contributed by atoms with Crippen LogP contribution < -0.4 is 0 Å². The van der Waals surface area contributed by atoms with Crippen LogP contribution in [0.1, 0.15) is 6.42 Å². The fourth-order valence-corrected chi connectivity index (χ4v) is 9.00. The average Bonchev–Trinajstić information content (AvgIpc) is 2.33. The molecule has 0 radical (unpaired) electrons. The third-order valence-electron chi connectivity index (χ3n) is 1.42. The Bertz CT molecular complexity index is 206. The van der Waals surface area contributed by atoms with Gasteiger partial charge < -0.3 is 0 Å². The van der Waals surface area contributed by atoms with Crippen LogP contribution in [-0.4, -0.2) is 17.7 Å². The lowest BCUT2D eigenvalue weighted by Crippen LogP contribution is -1.88. The van der Waals surface area contributed by atoms with Crippen LogP contribution in [0.25, 0.3) is 0 Å². The average molecular weight is 208 g/mol. The molecule has 4 heteroatoms. The van der Waals surface area contributed by atoms with E-state index in [1.807, 2.05) is 22.8 Å². The van der Waals surface area contributed by atoms with Crippen LogP contribution in [0.4, 0.5) is 0 Å². The Morgan fingerprint density at radius 3 is 2.90 bits per heavy atom. The summed E-state index contributed by atoms with van der Waals surface area (Å²) < 4.78 is -1.10. The minimum absolute atomic E-state index is 0.415. The van der Waals surface area contributed by atoms with Crippen molar-refractivity contribution in [2.75, 3.05) is 12.4 Å². The summed E-state index contributed by atoms with van der Waals surface area (Å²) in [5, 5.41) is 0.415. The highest BCUT2D eigenvalue weighted by Gasteiger charge is 2.28. The largest absolute Gasteiger partial charge is 0.119 e. The molecule has 56 valence electrons. The van der Waals surface area contributed by atoms with E-state index in [0.717, 1.165) is 6.42 Å². The van der Waals surface area contributed by atoms with E-state index in [9.17, 15) is 0 Å². The molecule has 0 bridgehead atoms. The van der Waals surface area contributed by atoms with Crippen molar-refractivity contribution >= 4 is 39.0 Å². The van der Waals surface area contributed by atoms with Gasteiger partial charge in [0, 0.05) is 0 Å². The summed E-state index contributed by atoms with van der Waals surface area (Å²) in [5.41, 5.74) is 0. The van der Waals surface area contributed by atoms with Crippen LogP contribution in [0.15, 0.2) is 0 Å². The van der Waals surface area contributed by atoms with Crippen LogP contribution in [0.5, 0.6) is 0 Å². The smallest absolute Gasteiger partial charge is 0.0715 e. The van der Waals surface area contributed by atoms with Crippen LogP contribution in [0, 0.1) is 12.3 Å². The van der Waals surface area contributed by atoms with E-state index in [4.69, 9.17) is 18.2 Å². The van der Waals surface area contributed by atoms with Gasteiger partial charge in [0.1, 0.15) is 0 Å². The standard InChI is InChI=1S/C6H9PS3/c1-3-6-4-5-7(8,9-2)10-6/h1,6H,4-5H2,2H3. The maximum atomic E-state index is 5.45. The van der Waals surface area contributed by atoms with Crippen molar-refractivity contribution in [3.05, 3.63) is 0 Å². The first-order chi connectivity index (χ1) is 4.70. The van der Waals surface area contributed by atoms with Gasteiger partial charge in [0.25, 0.3) is 0 Å². The van der Waals surface area contributed by atoms with Crippen LogP contribution in [-0.2, 0) is 11.8 Å². The van der Waals surface area contributed by atoms with E-state index in [-0.39, 0.29) is 0 Å². The first kappa shape index (κ1) is 9.00. The molecule has 1 fully saturated rings. The highest BCUT2D eigenvalue weighted by molar-refractivity contribution is 9.00. The fourth-order valence-electron chi connectivity index (χ4n) is 0.823. The first-order valence-electron chi connectivity index (χ1n) is 2.99. The van der Waals surface area contributed by atoms with Crippen molar-refractivity contribution in [3.63, 3.8) is 0 Å². The third-order valence-corrected chi connectivity index (χ3v) is 13.0. The Balaban J connectivity index is 2.60. The van der Waals surface area contributed by atoms with Crippen molar-refractivity contribution in [3.8, 4) is 12.3 Å². The van der Waals surface area contributed by atoms with Gasteiger partial charge in [0.15, 0.2) is 0 Å². The highest BCUT2D eigenvalue weighted by Crippen LogP contribution is 2.74. The van der Waals surface area contributed by atoms with Crippen molar-refractivity contribution in [2.24, 2.45) is 0 Å². The Labute approximate surface area is 75.4 Å². The molecule has 1 saturated heterocycles. The Hall–Kier alpha value is 0.910. The van der Waals surface area contributed by atoms with Gasteiger partial charge in [0.05, 0.1) is 9.69 Å². The molecule has 0 N–H and O–H groups in total. The predicted molar refractivity (Wildman–Crippen MR) is 57.5 cm³/mol. The zero-order valence-electron chi connectivity index (χ0n) is 5.74. The molecule has 0 spiro atoms. The molecule has 0 saturated carbocycles. The SMILES string of the molecule is C#CC1CCP(=S)(SC)S1. The lowest BCUT2D eigenvalue weighted by Gasteiger charge is -2.08. The number of hydrogen-bond acceptors (Lipinski definition) is 3. The second kappa shape index (κ2) is 3.54. The highest BCUT2D eigenvalue weighted by atomic mass is 33.2. The van der Waals surface area contributed by atoms with Crippen molar-refractivity contribution < 1.29 is 0 Å². The van der Waals surface area contributed by atoms with Gasteiger partial charge in [0.2, 0.25) is 0 Å². The summed E-state index contributed by atoms with van der Waals surface area (Å²) >= 11 is 9.17. The first-order valence-corrected chi connectivity index (χ1v) is 9.30. The van der Waals surface area contributed by atoms with Gasteiger partial charge in [-0.25, -0.2) is 0 Å². The molecule has 1 rings (SSSR count). The van der Waals surface area contributed by atoms with E-state index < -0.39 is 4.44 Å². The van der Waals surface area contributed by atoms with E-state index in [0.29, 0.717) is 5.25 Å². The fraction of sp³-hybridized carbons (Fsp3) is 0.667. The molecule has 0 aromatic rings. The molecule has 1 aliphatic rings. The minimum atomic E-state index is -1.10. The lowest BCUT2D eigenvalue weighted by molar-refractivity contribution is 1.03. The predicted octanol–water partition coefficient (Wildman–Crippen LogP) is 2.80. The molecule has 0 amide bonds. The second-order valence-electron chi connectivity index (χ2n) is 2.07. The Morgan fingerprint density at radius 1 is 1.90 bits per heavy atom. The molecule has 10 heavy (non-hydrogen) atoms. The Morgan fingerprint density at radius 2 is 2.60 bits per heavy atom. The molecule has 0 nitrogen and oxygen atoms in total. The summed E-state index contributed by atoms with van der Waals surface area (Å²) in [4.78, 5) is 0. The summed E-state index contributed by atoms with van der Waals surface area (Å²) in [7, 11) is 0. The number of rotatable bonds is 1. The van der Waals surface area contributed by atoms with E-state index in [1.54, 1.807) is 0 Å². The zero-order valence-corrected chi connectivity index (χ0v) is 9.08. The molecule has 0 aromatic carbocycles. The minimum Gasteiger partial charge on any atom is -0.119 e. The van der Waals surface area contributed by atoms with Gasteiger partial charge in [-0.1, -0.05) is 29.1 Å². The molecular formula is C6H9PS3. The van der Waals surface area contributed by atoms with Gasteiger partial charge >= 0.3 is 0 Å². The summed E-state index contributed by atoms with van der Waals surface area (Å²) in [6.45, 7) is 0. The molecule has 0 aliphatic carbocycles. The molecular weight excluding hydrogens is 199 g/mol. The molecule has 1 heterocycles. The van der Waals surface area contributed by atoms with E-state index >= 15 is 0 Å². The summed E-state index contributed by atoms with van der Waals surface area (Å²) in [5.74, 6) is 2.76. The monoisotopic (exact) mass is 208 g/mol. The normalized spacial score (nSPS) is 39.4. The molecule has 0 aromatic heterocycles. The number of terminal acetylenes is 1. The van der Waals surface area contributed by atoms with Gasteiger partial charge in [-0.3, -0.25) is 0 Å². The van der Waals surface area contributed by atoms with Crippen LogP contribution in [0.2, 0.25) is 0 Å². The van der Waals surface area contributed by atoms with Crippen LogP contribution in [0.3, 0.4) is 0 Å². The molecule has 1 aliphatic heterocycles. The van der Waals surface area contributed by atoms with Gasteiger partial charge in [-0.2, -0.15) is 0 Å². The van der Waals surface area contributed by atoms with Gasteiger partial charge in [-0.05, 0) is 18.8 Å². The van der Waals surface area contributed by atoms with E-state index in [2.05, 4.69) is 12.2 Å². The Kier molecular flexibility index (Phi) is 3.19. The number of hydrogen-bond donors (Lipinski definition) is 0. The summed E-state index contributed by atoms with van der Waals surface area (Å²) in [6, 6.07) is 0. The maximum absolute atomic E-state index is 5.45. The molecule has 2 unspecified atom stereocenters. The third kappa shape index (κ3) is 1.95. The van der Waals surface area contributed by atoms with Gasteiger partial charge in [-0.15, -0.1) is 17.8 Å². The zero-order chi connectivity index (χ0) is 7.61.